The van der Waals surface area contributed by atoms with E-state index in [0.29, 0.717) is 17.1 Å². The predicted molar refractivity (Wildman–Crippen MR) is 84.9 cm³/mol. The first-order chi connectivity index (χ1) is 9.93. The molecule has 0 amide bonds. The van der Waals surface area contributed by atoms with Crippen molar-refractivity contribution in [1.29, 1.82) is 0 Å². The maximum atomic E-state index is 11.3. The Morgan fingerprint density at radius 3 is 2.43 bits per heavy atom. The fourth-order valence-corrected chi connectivity index (χ4v) is 2.23. The van der Waals surface area contributed by atoms with Crippen molar-refractivity contribution in [3.63, 3.8) is 0 Å². The van der Waals surface area contributed by atoms with Crippen LogP contribution in [-0.2, 0) is 0 Å². The van der Waals surface area contributed by atoms with Gasteiger partial charge in [-0.25, -0.2) is 4.79 Å². The van der Waals surface area contributed by atoms with E-state index in [1.807, 2.05) is 0 Å². The molecule has 0 saturated carbocycles. The van der Waals surface area contributed by atoms with Crippen LogP contribution in [0.4, 0.5) is 5.82 Å². The van der Waals surface area contributed by atoms with Gasteiger partial charge in [-0.15, -0.1) is 5.10 Å². The van der Waals surface area contributed by atoms with E-state index in [0.717, 1.165) is 25.3 Å². The number of carboxylic acid groups (broad SMARTS) is 1. The molecule has 0 bridgehead atoms. The van der Waals surface area contributed by atoms with Gasteiger partial charge in [-0.2, -0.15) is 5.10 Å². The van der Waals surface area contributed by atoms with Crippen molar-refractivity contribution in [3.05, 3.63) is 16.8 Å². The lowest BCUT2D eigenvalue weighted by Gasteiger charge is -2.11. The number of unbranched alkanes of at least 4 members (excludes halogenated alkanes) is 3. The highest BCUT2D eigenvalue weighted by Crippen LogP contribution is 2.18. The number of aromatic nitrogens is 2. The van der Waals surface area contributed by atoms with Gasteiger partial charge in [-0.3, -0.25) is 0 Å². The van der Waals surface area contributed by atoms with Gasteiger partial charge in [0.2, 0.25) is 0 Å². The van der Waals surface area contributed by atoms with E-state index in [9.17, 15) is 9.90 Å². The highest BCUT2D eigenvalue weighted by molar-refractivity contribution is 5.94. The molecule has 0 atom stereocenters. The standard InChI is InChI=1S/C16H27N3O2/c1-11(2)9-7-5-6-8-10-17-15-14(16(20)21)12(3)13(4)18-19-15/h11H,5-10H2,1-4H3,(H,17,19)(H,20,21). The number of anilines is 1. The lowest BCUT2D eigenvalue weighted by molar-refractivity contribution is 0.0696. The summed E-state index contributed by atoms with van der Waals surface area (Å²) in [5.74, 6) is 0.199. The quantitative estimate of drug-likeness (QED) is 0.677. The molecule has 21 heavy (non-hydrogen) atoms. The Labute approximate surface area is 127 Å². The summed E-state index contributed by atoms with van der Waals surface area (Å²) >= 11 is 0. The summed E-state index contributed by atoms with van der Waals surface area (Å²) in [7, 11) is 0. The molecule has 0 radical (unpaired) electrons. The molecule has 0 unspecified atom stereocenters. The molecule has 2 N–H and O–H groups in total. The van der Waals surface area contributed by atoms with Crippen LogP contribution in [0.3, 0.4) is 0 Å². The molecule has 5 nitrogen and oxygen atoms in total. The summed E-state index contributed by atoms with van der Waals surface area (Å²) in [6.45, 7) is 8.76. The highest BCUT2D eigenvalue weighted by atomic mass is 16.4. The SMILES string of the molecule is Cc1nnc(NCCCCCCC(C)C)c(C(=O)O)c1C. The van der Waals surface area contributed by atoms with Gasteiger partial charge in [0.15, 0.2) is 5.82 Å². The molecule has 0 aliphatic carbocycles. The Morgan fingerprint density at radius 1 is 1.14 bits per heavy atom. The third-order valence-corrected chi connectivity index (χ3v) is 3.67. The molecule has 0 aromatic carbocycles. The van der Waals surface area contributed by atoms with Crippen LogP contribution in [0.2, 0.25) is 0 Å². The van der Waals surface area contributed by atoms with Crippen molar-refractivity contribution in [3.8, 4) is 0 Å². The second kappa shape index (κ2) is 8.60. The number of nitrogens with one attached hydrogen (secondary N) is 1. The molecule has 0 aliphatic heterocycles. The van der Waals surface area contributed by atoms with Crippen molar-refractivity contribution in [1.82, 2.24) is 10.2 Å². The normalized spacial score (nSPS) is 10.9. The Balaban J connectivity index is 2.42. The average molecular weight is 293 g/mol. The highest BCUT2D eigenvalue weighted by Gasteiger charge is 2.17. The van der Waals surface area contributed by atoms with E-state index in [-0.39, 0.29) is 5.56 Å². The maximum Gasteiger partial charge on any atom is 0.339 e. The Morgan fingerprint density at radius 2 is 1.81 bits per heavy atom. The third kappa shape index (κ3) is 5.69. The summed E-state index contributed by atoms with van der Waals surface area (Å²) in [6, 6.07) is 0. The topological polar surface area (TPSA) is 75.1 Å². The van der Waals surface area contributed by atoms with Crippen molar-refractivity contribution < 1.29 is 9.90 Å². The van der Waals surface area contributed by atoms with Gasteiger partial charge in [-0.05, 0) is 31.7 Å². The van der Waals surface area contributed by atoms with Crippen LogP contribution < -0.4 is 5.32 Å². The van der Waals surface area contributed by atoms with E-state index in [2.05, 4.69) is 29.4 Å². The molecule has 0 aliphatic rings. The number of hydrogen-bond acceptors (Lipinski definition) is 4. The summed E-state index contributed by atoms with van der Waals surface area (Å²) in [5, 5.41) is 20.4. The zero-order chi connectivity index (χ0) is 15.8. The van der Waals surface area contributed by atoms with Crippen molar-refractivity contribution in [2.75, 3.05) is 11.9 Å². The average Bonchev–Trinajstić information content (AvgIpc) is 2.40. The number of carboxylic acids is 1. The molecule has 1 heterocycles. The molecular weight excluding hydrogens is 266 g/mol. The van der Waals surface area contributed by atoms with E-state index < -0.39 is 5.97 Å². The first-order valence-corrected chi connectivity index (χ1v) is 7.74. The predicted octanol–water partition coefficient (Wildman–Crippen LogP) is 3.81. The number of carbonyl (C=O) groups is 1. The van der Waals surface area contributed by atoms with Crippen LogP contribution in [0.15, 0.2) is 0 Å². The van der Waals surface area contributed by atoms with Crippen molar-refractivity contribution in [2.45, 2.75) is 59.8 Å². The van der Waals surface area contributed by atoms with E-state index in [1.165, 1.54) is 19.3 Å². The molecule has 0 fully saturated rings. The lowest BCUT2D eigenvalue weighted by Crippen LogP contribution is -2.13. The Kier molecular flexibility index (Phi) is 7.12. The largest absolute Gasteiger partial charge is 0.478 e. The fourth-order valence-electron chi connectivity index (χ4n) is 2.23. The summed E-state index contributed by atoms with van der Waals surface area (Å²) in [4.78, 5) is 11.3. The van der Waals surface area contributed by atoms with Gasteiger partial charge in [0.1, 0.15) is 5.56 Å². The van der Waals surface area contributed by atoms with Crippen LogP contribution in [0.1, 0.15) is 67.6 Å². The molecule has 1 aromatic heterocycles. The number of nitrogens with zero attached hydrogens (tertiary/aromatic N) is 2. The molecule has 5 heteroatoms. The lowest BCUT2D eigenvalue weighted by atomic mass is 10.0. The molecule has 118 valence electrons. The second-order valence-corrected chi connectivity index (χ2v) is 5.96. The number of hydrogen-bond donors (Lipinski definition) is 2. The van der Waals surface area contributed by atoms with Crippen LogP contribution in [0, 0.1) is 19.8 Å². The number of aromatic carboxylic acids is 1. The smallest absolute Gasteiger partial charge is 0.339 e. The Hall–Kier alpha value is -1.65. The van der Waals surface area contributed by atoms with Crippen LogP contribution in [-0.4, -0.2) is 27.8 Å². The molecule has 1 aromatic rings. The van der Waals surface area contributed by atoms with Crippen molar-refractivity contribution in [2.24, 2.45) is 5.92 Å². The van der Waals surface area contributed by atoms with Crippen LogP contribution in [0.25, 0.3) is 0 Å². The number of aryl methyl sites for hydroxylation is 1. The summed E-state index contributed by atoms with van der Waals surface area (Å²) < 4.78 is 0. The minimum absolute atomic E-state index is 0.238. The Bertz CT molecular complexity index is 473. The van der Waals surface area contributed by atoms with E-state index in [4.69, 9.17) is 0 Å². The van der Waals surface area contributed by atoms with Gasteiger partial charge in [0, 0.05) is 6.54 Å². The van der Waals surface area contributed by atoms with E-state index >= 15 is 0 Å². The molecular formula is C16H27N3O2. The van der Waals surface area contributed by atoms with Gasteiger partial charge >= 0.3 is 5.97 Å². The first kappa shape index (κ1) is 17.4. The van der Waals surface area contributed by atoms with Crippen LogP contribution >= 0.6 is 0 Å². The summed E-state index contributed by atoms with van der Waals surface area (Å²) in [6.07, 6.45) is 5.94. The molecule has 1 rings (SSSR count). The zero-order valence-corrected chi connectivity index (χ0v) is 13.6. The zero-order valence-electron chi connectivity index (χ0n) is 13.6. The molecule has 0 spiro atoms. The third-order valence-electron chi connectivity index (χ3n) is 3.67. The van der Waals surface area contributed by atoms with Crippen LogP contribution in [0.5, 0.6) is 0 Å². The fraction of sp³-hybridized carbons (Fsp3) is 0.688. The number of rotatable bonds is 9. The van der Waals surface area contributed by atoms with Gasteiger partial charge in [0.25, 0.3) is 0 Å². The van der Waals surface area contributed by atoms with E-state index in [1.54, 1.807) is 13.8 Å². The second-order valence-electron chi connectivity index (χ2n) is 5.96. The minimum Gasteiger partial charge on any atom is -0.478 e. The first-order valence-electron chi connectivity index (χ1n) is 7.74. The maximum absolute atomic E-state index is 11.3. The van der Waals surface area contributed by atoms with Gasteiger partial charge < -0.3 is 10.4 Å². The van der Waals surface area contributed by atoms with Gasteiger partial charge in [-0.1, -0.05) is 39.5 Å². The molecule has 0 saturated heterocycles. The minimum atomic E-state index is -0.954. The monoisotopic (exact) mass is 293 g/mol. The van der Waals surface area contributed by atoms with Crippen molar-refractivity contribution >= 4 is 11.8 Å². The summed E-state index contributed by atoms with van der Waals surface area (Å²) in [5.41, 5.74) is 1.57. The van der Waals surface area contributed by atoms with Gasteiger partial charge in [0.05, 0.1) is 5.69 Å².